The molecule has 0 spiro atoms. The van der Waals surface area contributed by atoms with Crippen molar-refractivity contribution in [2.24, 2.45) is 0 Å². The normalized spacial score (nSPS) is 13.7. The number of alkyl halides is 2. The predicted octanol–water partition coefficient (Wildman–Crippen LogP) is 5.43. The first-order valence-electron chi connectivity index (χ1n) is 9.40. The number of esters is 1. The SMILES string of the molecule is O=C(OCc1nc2ccccc2n1C(F)F)c1c(-n2cccc2)sc2c1CCSC2. The third-order valence-electron chi connectivity index (χ3n) is 5.04. The van der Waals surface area contributed by atoms with Crippen LogP contribution in [0, 0.1) is 0 Å². The Morgan fingerprint density at radius 2 is 2.00 bits per heavy atom. The van der Waals surface area contributed by atoms with E-state index < -0.39 is 12.5 Å². The molecule has 4 aromatic rings. The van der Waals surface area contributed by atoms with Gasteiger partial charge < -0.3 is 9.30 Å². The van der Waals surface area contributed by atoms with Crippen LogP contribution in [-0.4, -0.2) is 25.8 Å². The van der Waals surface area contributed by atoms with Crippen LogP contribution in [0.4, 0.5) is 8.78 Å². The van der Waals surface area contributed by atoms with Gasteiger partial charge in [0.15, 0.2) is 5.82 Å². The lowest BCUT2D eigenvalue weighted by Crippen LogP contribution is -2.14. The van der Waals surface area contributed by atoms with Crippen LogP contribution in [0.25, 0.3) is 16.0 Å². The Labute approximate surface area is 179 Å². The summed E-state index contributed by atoms with van der Waals surface area (Å²) in [5.74, 6) is 1.33. The van der Waals surface area contributed by atoms with Gasteiger partial charge in [-0.3, -0.25) is 4.57 Å². The molecule has 30 heavy (non-hydrogen) atoms. The molecule has 0 bridgehead atoms. The molecule has 0 amide bonds. The number of fused-ring (bicyclic) bond motifs is 2. The quantitative estimate of drug-likeness (QED) is 0.385. The van der Waals surface area contributed by atoms with E-state index >= 15 is 0 Å². The smallest absolute Gasteiger partial charge is 0.341 e. The monoisotopic (exact) mass is 445 g/mol. The maximum absolute atomic E-state index is 13.6. The third kappa shape index (κ3) is 3.31. The van der Waals surface area contributed by atoms with E-state index in [1.54, 1.807) is 35.6 Å². The van der Waals surface area contributed by atoms with E-state index in [9.17, 15) is 13.6 Å². The lowest BCUT2D eigenvalue weighted by Gasteiger charge is -2.13. The van der Waals surface area contributed by atoms with Gasteiger partial charge in [0.25, 0.3) is 0 Å². The summed E-state index contributed by atoms with van der Waals surface area (Å²) in [5.41, 5.74) is 2.30. The molecule has 0 saturated heterocycles. The van der Waals surface area contributed by atoms with Crippen LogP contribution in [0.3, 0.4) is 0 Å². The fourth-order valence-electron chi connectivity index (χ4n) is 3.70. The van der Waals surface area contributed by atoms with Gasteiger partial charge in [0.2, 0.25) is 0 Å². The van der Waals surface area contributed by atoms with Crippen LogP contribution < -0.4 is 0 Å². The second kappa shape index (κ2) is 7.88. The van der Waals surface area contributed by atoms with Crippen molar-refractivity contribution < 1.29 is 18.3 Å². The summed E-state index contributed by atoms with van der Waals surface area (Å²) in [7, 11) is 0. The Kier molecular flexibility index (Phi) is 5.08. The maximum atomic E-state index is 13.6. The highest BCUT2D eigenvalue weighted by Gasteiger charge is 2.28. The molecule has 0 radical (unpaired) electrons. The Morgan fingerprint density at radius 1 is 1.20 bits per heavy atom. The first-order valence-corrected chi connectivity index (χ1v) is 11.4. The Balaban J connectivity index is 1.48. The molecule has 0 unspecified atom stereocenters. The Bertz CT molecular complexity index is 1210. The number of thiophene rings is 1. The predicted molar refractivity (Wildman–Crippen MR) is 114 cm³/mol. The summed E-state index contributed by atoms with van der Waals surface area (Å²) < 4.78 is 35.5. The van der Waals surface area contributed by atoms with Crippen LogP contribution in [0.1, 0.15) is 33.2 Å². The fourth-order valence-corrected chi connectivity index (χ4v) is 6.13. The zero-order valence-electron chi connectivity index (χ0n) is 15.8. The molecule has 154 valence electrons. The zero-order chi connectivity index (χ0) is 20.7. The van der Waals surface area contributed by atoms with Crippen LogP contribution in [0.15, 0.2) is 48.8 Å². The minimum absolute atomic E-state index is 0.0294. The first-order chi connectivity index (χ1) is 14.6. The van der Waals surface area contributed by atoms with Gasteiger partial charge >= 0.3 is 12.5 Å². The van der Waals surface area contributed by atoms with Gasteiger partial charge in [-0.1, -0.05) is 12.1 Å². The largest absolute Gasteiger partial charge is 0.454 e. The average molecular weight is 446 g/mol. The molecule has 0 aliphatic carbocycles. The molecule has 0 fully saturated rings. The number of benzene rings is 1. The van der Waals surface area contributed by atoms with Gasteiger partial charge in [-0.15, -0.1) is 11.3 Å². The maximum Gasteiger partial charge on any atom is 0.341 e. The van der Waals surface area contributed by atoms with E-state index in [0.717, 1.165) is 33.1 Å². The Morgan fingerprint density at radius 3 is 2.80 bits per heavy atom. The van der Waals surface area contributed by atoms with E-state index in [-0.39, 0.29) is 12.4 Å². The summed E-state index contributed by atoms with van der Waals surface area (Å²) >= 11 is 3.42. The van der Waals surface area contributed by atoms with Crippen molar-refractivity contribution in [3.05, 3.63) is 70.6 Å². The molecule has 0 N–H and O–H groups in total. The van der Waals surface area contributed by atoms with Crippen LogP contribution in [0.2, 0.25) is 0 Å². The number of carbonyl (C=O) groups excluding carboxylic acids is 1. The lowest BCUT2D eigenvalue weighted by atomic mass is 10.1. The van der Waals surface area contributed by atoms with Crippen molar-refractivity contribution in [3.8, 4) is 5.00 Å². The highest BCUT2D eigenvalue weighted by Crippen LogP contribution is 2.38. The molecule has 0 saturated carbocycles. The van der Waals surface area contributed by atoms with Gasteiger partial charge in [-0.25, -0.2) is 9.78 Å². The molecular formula is C21H17F2N3O2S2. The summed E-state index contributed by atoms with van der Waals surface area (Å²) in [6, 6.07) is 10.5. The van der Waals surface area contributed by atoms with E-state index in [1.165, 1.54) is 4.88 Å². The summed E-state index contributed by atoms with van der Waals surface area (Å²) in [6.45, 7) is -3.09. The molecule has 9 heteroatoms. The van der Waals surface area contributed by atoms with Crippen LogP contribution in [0.5, 0.6) is 0 Å². The van der Waals surface area contributed by atoms with Gasteiger partial charge in [0.05, 0.1) is 16.6 Å². The molecule has 5 rings (SSSR count). The van der Waals surface area contributed by atoms with Gasteiger partial charge in [0, 0.05) is 23.0 Å². The Hall–Kier alpha value is -2.65. The van der Waals surface area contributed by atoms with Crippen molar-refractivity contribution >= 4 is 40.1 Å². The molecular weight excluding hydrogens is 428 g/mol. The molecule has 1 aromatic carbocycles. The number of rotatable bonds is 5. The van der Waals surface area contributed by atoms with E-state index in [1.807, 2.05) is 40.9 Å². The van der Waals surface area contributed by atoms with Gasteiger partial charge in [-0.2, -0.15) is 20.5 Å². The summed E-state index contributed by atoms with van der Waals surface area (Å²) in [6.07, 6.45) is 4.56. The molecule has 5 nitrogen and oxygen atoms in total. The molecule has 1 aliphatic heterocycles. The molecule has 0 atom stereocenters. The highest BCUT2D eigenvalue weighted by molar-refractivity contribution is 7.98. The molecule has 1 aliphatic rings. The third-order valence-corrected chi connectivity index (χ3v) is 7.45. The number of carbonyl (C=O) groups is 1. The molecule has 3 aromatic heterocycles. The number of ether oxygens (including phenoxy) is 1. The topological polar surface area (TPSA) is 49.0 Å². The number of thioether (sulfide) groups is 1. The van der Waals surface area contributed by atoms with Crippen molar-refractivity contribution in [1.29, 1.82) is 0 Å². The zero-order valence-corrected chi connectivity index (χ0v) is 17.4. The minimum atomic E-state index is -2.77. The summed E-state index contributed by atoms with van der Waals surface area (Å²) in [4.78, 5) is 18.5. The van der Waals surface area contributed by atoms with Crippen LogP contribution in [-0.2, 0) is 23.5 Å². The minimum Gasteiger partial charge on any atom is -0.454 e. The standard InChI is InChI=1S/C21H17F2N3O2S2/c22-21(23)26-15-6-2-1-5-14(15)24-17(26)11-28-20(27)18-13-7-10-29-12-16(13)30-19(18)25-8-3-4-9-25/h1-6,8-9,21H,7,10-12H2. The number of aromatic nitrogens is 3. The fraction of sp³-hybridized carbons (Fsp3) is 0.238. The lowest BCUT2D eigenvalue weighted by molar-refractivity contribution is 0.0387. The van der Waals surface area contributed by atoms with Crippen molar-refractivity contribution in [3.63, 3.8) is 0 Å². The number of para-hydroxylation sites is 2. The second-order valence-electron chi connectivity index (χ2n) is 6.82. The number of nitrogens with zero attached hydrogens (tertiary/aromatic N) is 3. The van der Waals surface area contributed by atoms with Crippen molar-refractivity contribution in [1.82, 2.24) is 14.1 Å². The van der Waals surface area contributed by atoms with Gasteiger partial charge in [0.1, 0.15) is 11.6 Å². The summed E-state index contributed by atoms with van der Waals surface area (Å²) in [5, 5.41) is 0.805. The van der Waals surface area contributed by atoms with E-state index in [4.69, 9.17) is 4.74 Å². The number of imidazole rings is 1. The van der Waals surface area contributed by atoms with Crippen molar-refractivity contribution in [2.75, 3.05) is 5.75 Å². The molecule has 4 heterocycles. The van der Waals surface area contributed by atoms with E-state index in [2.05, 4.69) is 4.98 Å². The van der Waals surface area contributed by atoms with Crippen LogP contribution >= 0.6 is 23.1 Å². The number of hydrogen-bond acceptors (Lipinski definition) is 5. The highest BCUT2D eigenvalue weighted by atomic mass is 32.2. The average Bonchev–Trinajstić information content (AvgIpc) is 3.47. The number of halogens is 2. The van der Waals surface area contributed by atoms with E-state index in [0.29, 0.717) is 16.6 Å². The first kappa shape index (κ1) is 19.3. The van der Waals surface area contributed by atoms with Gasteiger partial charge in [-0.05, 0) is 42.0 Å². The number of hydrogen-bond donors (Lipinski definition) is 0. The van der Waals surface area contributed by atoms with Crippen molar-refractivity contribution in [2.45, 2.75) is 25.3 Å². The second-order valence-corrected chi connectivity index (χ2v) is 9.01.